The molecule has 36 heavy (non-hydrogen) atoms. The minimum Gasteiger partial charge on any atom is -0.457 e. The second kappa shape index (κ2) is 9.31. The van der Waals surface area contributed by atoms with E-state index in [9.17, 15) is 41.0 Å². The number of aromatic nitrogens is 3. The first-order valence-corrected chi connectivity index (χ1v) is 10.6. The molecular formula is C21H13F6N3O5S. The highest BCUT2D eigenvalue weighted by molar-refractivity contribution is 7.21. The van der Waals surface area contributed by atoms with Gasteiger partial charge in [-0.3, -0.25) is 14.3 Å². The van der Waals surface area contributed by atoms with Crippen LogP contribution in [0.25, 0.3) is 20.9 Å². The number of hydrogen-bond donors (Lipinski definition) is 2. The summed E-state index contributed by atoms with van der Waals surface area (Å²) in [6.07, 6.45) is -12.7. The predicted molar refractivity (Wildman–Crippen MR) is 115 cm³/mol. The number of aliphatic hydroxyl groups excluding tert-OH is 1. The summed E-state index contributed by atoms with van der Waals surface area (Å²) in [6, 6.07) is 10.7. The molecule has 2 aromatic heterocycles. The maximum absolute atomic E-state index is 12.8. The van der Waals surface area contributed by atoms with Crippen LogP contribution in [0.2, 0.25) is 0 Å². The van der Waals surface area contributed by atoms with Crippen LogP contribution in [-0.2, 0) is 6.54 Å². The third-order valence-corrected chi connectivity index (χ3v) is 5.76. The van der Waals surface area contributed by atoms with Gasteiger partial charge in [0.2, 0.25) is 0 Å². The van der Waals surface area contributed by atoms with Gasteiger partial charge in [0.1, 0.15) is 27.0 Å². The first-order valence-electron chi connectivity index (χ1n) is 9.83. The Morgan fingerprint density at radius 2 is 1.50 bits per heavy atom. The molecule has 2 aromatic carbocycles. The lowest BCUT2D eigenvalue weighted by Gasteiger charge is -2.15. The molecule has 2 heterocycles. The molecule has 0 spiro atoms. The first kappa shape index (κ1) is 25.2. The van der Waals surface area contributed by atoms with Crippen LogP contribution in [0, 0.1) is 0 Å². The van der Waals surface area contributed by atoms with E-state index in [2.05, 4.69) is 9.72 Å². The van der Waals surface area contributed by atoms with Gasteiger partial charge in [-0.1, -0.05) is 0 Å². The average molecular weight is 533 g/mol. The molecule has 1 atom stereocenters. The number of nitrogens with zero attached hydrogens (tertiary/aromatic N) is 2. The third kappa shape index (κ3) is 5.68. The van der Waals surface area contributed by atoms with Crippen molar-refractivity contribution in [2.45, 2.75) is 25.2 Å². The molecule has 0 fully saturated rings. The highest BCUT2D eigenvalue weighted by Crippen LogP contribution is 2.32. The Labute approximate surface area is 200 Å². The fourth-order valence-electron chi connectivity index (χ4n) is 3.04. The second-order valence-corrected chi connectivity index (χ2v) is 8.24. The minimum absolute atomic E-state index is 0.111. The van der Waals surface area contributed by atoms with Gasteiger partial charge in [-0.2, -0.15) is 13.2 Å². The molecule has 0 saturated heterocycles. The zero-order chi connectivity index (χ0) is 26.3. The molecule has 0 aliphatic heterocycles. The van der Waals surface area contributed by atoms with Crippen LogP contribution in [0.4, 0.5) is 26.3 Å². The Morgan fingerprint density at radius 1 is 0.944 bits per heavy atom. The second-order valence-electron chi connectivity index (χ2n) is 7.24. The van der Waals surface area contributed by atoms with Gasteiger partial charge in [0.15, 0.2) is 11.8 Å². The fourth-order valence-corrected chi connectivity index (χ4v) is 4.01. The van der Waals surface area contributed by atoms with Crippen LogP contribution in [0.15, 0.2) is 58.1 Å². The van der Waals surface area contributed by atoms with E-state index in [0.717, 1.165) is 23.5 Å². The molecule has 0 amide bonds. The number of nitrogens with one attached hydrogen (secondary N) is 1. The number of thiazole rings is 1. The van der Waals surface area contributed by atoms with Crippen molar-refractivity contribution in [3.63, 3.8) is 0 Å². The molecule has 0 bridgehead atoms. The van der Waals surface area contributed by atoms with Gasteiger partial charge in [-0.15, -0.1) is 24.5 Å². The Bertz CT molecular complexity index is 1490. The molecule has 8 nitrogen and oxygen atoms in total. The summed E-state index contributed by atoms with van der Waals surface area (Å²) in [6.45, 7) is -1.15. The molecule has 0 radical (unpaired) electrons. The smallest absolute Gasteiger partial charge is 0.457 e. The maximum atomic E-state index is 12.8. The van der Waals surface area contributed by atoms with Gasteiger partial charge in [0.05, 0.1) is 6.54 Å². The summed E-state index contributed by atoms with van der Waals surface area (Å²) in [5, 5.41) is 9.57. The normalized spacial score (nSPS) is 13.1. The van der Waals surface area contributed by atoms with Crippen molar-refractivity contribution in [3.8, 4) is 27.8 Å². The van der Waals surface area contributed by atoms with Crippen molar-refractivity contribution in [1.29, 1.82) is 0 Å². The van der Waals surface area contributed by atoms with Crippen LogP contribution in [0.3, 0.4) is 0 Å². The topological polar surface area (TPSA) is 106 Å². The minimum atomic E-state index is -4.98. The summed E-state index contributed by atoms with van der Waals surface area (Å²) in [4.78, 5) is 30.3. The van der Waals surface area contributed by atoms with E-state index < -0.39 is 42.2 Å². The van der Waals surface area contributed by atoms with E-state index in [1.165, 1.54) is 36.4 Å². The number of aliphatic hydroxyl groups is 1. The fraction of sp³-hybridized carbons (Fsp3) is 0.190. The largest absolute Gasteiger partial charge is 0.573 e. The summed E-state index contributed by atoms with van der Waals surface area (Å²) in [5.41, 5.74) is -1.86. The van der Waals surface area contributed by atoms with Crippen molar-refractivity contribution in [2.24, 2.45) is 0 Å². The SMILES string of the molecule is O=c1[nH]c(=O)n(CC(O)C(F)(F)F)c2nc(-c3ccc(Oc4ccc(OC(F)(F)F)cc4)cc3)sc12. The number of alkyl halides is 6. The number of ether oxygens (including phenoxy) is 2. The van der Waals surface area contributed by atoms with Crippen molar-refractivity contribution >= 4 is 21.7 Å². The number of benzene rings is 2. The number of halogens is 6. The Hall–Kier alpha value is -3.85. The molecule has 0 saturated carbocycles. The summed E-state index contributed by atoms with van der Waals surface area (Å²) < 4.78 is 84.9. The van der Waals surface area contributed by atoms with E-state index >= 15 is 0 Å². The van der Waals surface area contributed by atoms with Crippen LogP contribution in [0.1, 0.15) is 0 Å². The molecule has 15 heteroatoms. The summed E-state index contributed by atoms with van der Waals surface area (Å²) in [5.74, 6) is 0.0979. The molecule has 4 rings (SSSR count). The van der Waals surface area contributed by atoms with E-state index in [1.54, 1.807) is 0 Å². The number of fused-ring (bicyclic) bond motifs is 1. The molecule has 1 unspecified atom stereocenters. The number of rotatable bonds is 6. The van der Waals surface area contributed by atoms with E-state index in [0.29, 0.717) is 15.9 Å². The number of hydrogen-bond acceptors (Lipinski definition) is 7. The monoisotopic (exact) mass is 533 g/mol. The van der Waals surface area contributed by atoms with Gasteiger partial charge in [0.25, 0.3) is 5.56 Å². The van der Waals surface area contributed by atoms with Gasteiger partial charge in [-0.25, -0.2) is 9.78 Å². The zero-order valence-corrected chi connectivity index (χ0v) is 18.4. The number of aromatic amines is 1. The van der Waals surface area contributed by atoms with Crippen LogP contribution in [0.5, 0.6) is 17.2 Å². The van der Waals surface area contributed by atoms with E-state index in [4.69, 9.17) is 4.74 Å². The molecule has 190 valence electrons. The Morgan fingerprint density at radius 3 is 2.06 bits per heavy atom. The highest BCUT2D eigenvalue weighted by Gasteiger charge is 2.39. The lowest BCUT2D eigenvalue weighted by Crippen LogP contribution is -2.39. The van der Waals surface area contributed by atoms with Crippen molar-refractivity contribution in [2.75, 3.05) is 0 Å². The summed E-state index contributed by atoms with van der Waals surface area (Å²) >= 11 is 0.826. The Balaban J connectivity index is 1.57. The van der Waals surface area contributed by atoms with Crippen LogP contribution < -0.4 is 20.7 Å². The predicted octanol–water partition coefficient (Wildman–Crippen LogP) is 4.43. The van der Waals surface area contributed by atoms with E-state index in [-0.39, 0.29) is 21.1 Å². The molecule has 2 N–H and O–H groups in total. The molecular weight excluding hydrogens is 520 g/mol. The lowest BCUT2D eigenvalue weighted by molar-refractivity contribution is -0.274. The molecule has 0 aliphatic rings. The van der Waals surface area contributed by atoms with Crippen molar-refractivity contribution in [3.05, 3.63) is 69.4 Å². The van der Waals surface area contributed by atoms with Crippen LogP contribution >= 0.6 is 11.3 Å². The van der Waals surface area contributed by atoms with Gasteiger partial charge >= 0.3 is 18.2 Å². The van der Waals surface area contributed by atoms with Gasteiger partial charge in [0, 0.05) is 5.56 Å². The standard InChI is InChI=1S/C21H13F6N3O5S/c22-20(23,24)14(31)9-30-16-15(17(32)29-19(30)33)36-18(28-16)10-1-3-11(4-2-10)34-12-5-7-13(8-6-12)35-21(25,26)27/h1-8,14,31H,9H2,(H,29,32,33). The average Bonchev–Trinajstić information content (AvgIpc) is 3.23. The van der Waals surface area contributed by atoms with E-state index in [1.807, 2.05) is 4.98 Å². The quantitative estimate of drug-likeness (QED) is 0.356. The molecule has 0 aliphatic carbocycles. The van der Waals surface area contributed by atoms with Gasteiger partial charge in [-0.05, 0) is 48.5 Å². The van der Waals surface area contributed by atoms with Crippen molar-refractivity contribution < 1.29 is 40.9 Å². The number of H-pyrrole nitrogens is 1. The Kier molecular flexibility index (Phi) is 6.53. The zero-order valence-electron chi connectivity index (χ0n) is 17.6. The van der Waals surface area contributed by atoms with Crippen molar-refractivity contribution in [1.82, 2.24) is 14.5 Å². The highest BCUT2D eigenvalue weighted by atomic mass is 32.1. The summed E-state index contributed by atoms with van der Waals surface area (Å²) in [7, 11) is 0. The lowest BCUT2D eigenvalue weighted by atomic mass is 10.2. The maximum Gasteiger partial charge on any atom is 0.573 e. The third-order valence-electron chi connectivity index (χ3n) is 4.66. The van der Waals surface area contributed by atoms with Crippen LogP contribution in [-0.4, -0.2) is 38.3 Å². The first-order chi connectivity index (χ1) is 16.8. The molecule has 4 aromatic rings. The van der Waals surface area contributed by atoms with Gasteiger partial charge < -0.3 is 14.6 Å².